The van der Waals surface area contributed by atoms with E-state index in [1.165, 1.54) is 16.4 Å². The summed E-state index contributed by atoms with van der Waals surface area (Å²) in [6.07, 6.45) is 0. The van der Waals surface area contributed by atoms with Crippen LogP contribution in [-0.4, -0.2) is 37.9 Å². The zero-order valence-corrected chi connectivity index (χ0v) is 12.3. The molecule has 2 rings (SSSR count). The van der Waals surface area contributed by atoms with E-state index in [9.17, 15) is 12.8 Å². The molecule has 0 saturated carbocycles. The third-order valence-corrected chi connectivity index (χ3v) is 5.14. The number of piperazine rings is 1. The number of sulfonamides is 1. The normalized spacial score (nSPS) is 25.5. The highest BCUT2D eigenvalue weighted by molar-refractivity contribution is 7.89. The fourth-order valence-corrected chi connectivity index (χ4v) is 4.12. The number of nitrogens with one attached hydrogen (secondary N) is 1. The lowest BCUT2D eigenvalue weighted by molar-refractivity contribution is 0.262. The van der Waals surface area contributed by atoms with Crippen molar-refractivity contribution in [2.75, 3.05) is 13.1 Å². The molecule has 0 radical (unpaired) electrons. The van der Waals surface area contributed by atoms with Gasteiger partial charge < -0.3 is 5.32 Å². The quantitative estimate of drug-likeness (QED) is 0.907. The molecule has 0 bridgehead atoms. The maximum atomic E-state index is 13.8. The molecule has 0 spiro atoms. The molecular weight excluding hydrogens is 291 g/mol. The SMILES string of the molecule is CC1CN(S(=O)(=O)c2ccc(Cl)cc2F)CC(C)N1. The summed E-state index contributed by atoms with van der Waals surface area (Å²) in [4.78, 5) is -0.321. The van der Waals surface area contributed by atoms with Gasteiger partial charge in [-0.15, -0.1) is 0 Å². The number of halogens is 2. The minimum Gasteiger partial charge on any atom is -0.309 e. The van der Waals surface area contributed by atoms with Crippen LogP contribution in [0, 0.1) is 5.82 Å². The van der Waals surface area contributed by atoms with Crippen molar-refractivity contribution in [1.82, 2.24) is 9.62 Å². The molecule has 1 N–H and O–H groups in total. The highest BCUT2D eigenvalue weighted by atomic mass is 35.5. The van der Waals surface area contributed by atoms with Crippen molar-refractivity contribution in [3.05, 3.63) is 29.0 Å². The van der Waals surface area contributed by atoms with Crippen molar-refractivity contribution < 1.29 is 12.8 Å². The molecule has 1 aliphatic heterocycles. The van der Waals surface area contributed by atoms with Gasteiger partial charge in [0.2, 0.25) is 10.0 Å². The van der Waals surface area contributed by atoms with Crippen molar-refractivity contribution in [3.63, 3.8) is 0 Å². The molecule has 1 heterocycles. The summed E-state index contributed by atoms with van der Waals surface area (Å²) in [6.45, 7) is 4.45. The van der Waals surface area contributed by atoms with Crippen LogP contribution in [0.2, 0.25) is 5.02 Å². The molecule has 0 aromatic heterocycles. The Hall–Kier alpha value is -0.690. The highest BCUT2D eigenvalue weighted by Gasteiger charge is 2.32. The Morgan fingerprint density at radius 3 is 2.42 bits per heavy atom. The Balaban J connectivity index is 2.36. The van der Waals surface area contributed by atoms with Gasteiger partial charge in [-0.25, -0.2) is 12.8 Å². The lowest BCUT2D eigenvalue weighted by Gasteiger charge is -2.35. The van der Waals surface area contributed by atoms with Gasteiger partial charge in [0.15, 0.2) is 0 Å². The Labute approximate surface area is 117 Å². The molecule has 0 aliphatic carbocycles. The molecule has 2 atom stereocenters. The number of hydrogen-bond acceptors (Lipinski definition) is 3. The first-order chi connectivity index (χ1) is 8.80. The Morgan fingerprint density at radius 1 is 1.32 bits per heavy atom. The summed E-state index contributed by atoms with van der Waals surface area (Å²) >= 11 is 5.64. The first kappa shape index (κ1) is 14.7. The summed E-state index contributed by atoms with van der Waals surface area (Å²) in [5.41, 5.74) is 0. The van der Waals surface area contributed by atoms with Crippen molar-refractivity contribution in [1.29, 1.82) is 0 Å². The summed E-state index contributed by atoms with van der Waals surface area (Å²) in [5, 5.41) is 3.41. The molecule has 0 amide bonds. The molecule has 1 aromatic rings. The van der Waals surface area contributed by atoms with Gasteiger partial charge in [0.05, 0.1) is 0 Å². The molecule has 1 aliphatic rings. The average molecular weight is 307 g/mol. The zero-order chi connectivity index (χ0) is 14.2. The predicted molar refractivity (Wildman–Crippen MR) is 72.2 cm³/mol. The zero-order valence-electron chi connectivity index (χ0n) is 10.7. The third-order valence-electron chi connectivity index (χ3n) is 3.04. The van der Waals surface area contributed by atoms with Crippen molar-refractivity contribution in [3.8, 4) is 0 Å². The van der Waals surface area contributed by atoms with E-state index in [1.54, 1.807) is 0 Å². The molecule has 19 heavy (non-hydrogen) atoms. The fourth-order valence-electron chi connectivity index (χ4n) is 2.30. The summed E-state index contributed by atoms with van der Waals surface area (Å²) in [5.74, 6) is -0.814. The van der Waals surface area contributed by atoms with E-state index in [1.807, 2.05) is 13.8 Å². The maximum absolute atomic E-state index is 13.8. The molecule has 106 valence electrons. The second-order valence-corrected chi connectivity index (χ2v) is 7.21. The fraction of sp³-hybridized carbons (Fsp3) is 0.500. The lowest BCUT2D eigenvalue weighted by atomic mass is 10.2. The summed E-state index contributed by atoms with van der Waals surface area (Å²) < 4.78 is 40.0. The van der Waals surface area contributed by atoms with Crippen LogP contribution in [0.1, 0.15) is 13.8 Å². The summed E-state index contributed by atoms with van der Waals surface area (Å²) in [7, 11) is -3.82. The second-order valence-electron chi connectivity index (χ2n) is 4.87. The van der Waals surface area contributed by atoms with Gasteiger partial charge in [-0.05, 0) is 32.0 Å². The van der Waals surface area contributed by atoms with Crippen LogP contribution < -0.4 is 5.32 Å². The smallest absolute Gasteiger partial charge is 0.246 e. The maximum Gasteiger partial charge on any atom is 0.246 e. The molecule has 1 saturated heterocycles. The van der Waals surface area contributed by atoms with E-state index < -0.39 is 15.8 Å². The summed E-state index contributed by atoms with van der Waals surface area (Å²) in [6, 6.07) is 3.68. The van der Waals surface area contributed by atoms with E-state index in [0.717, 1.165) is 6.07 Å². The van der Waals surface area contributed by atoms with E-state index in [4.69, 9.17) is 11.6 Å². The van der Waals surface area contributed by atoms with Crippen LogP contribution in [0.25, 0.3) is 0 Å². The largest absolute Gasteiger partial charge is 0.309 e. The number of hydrogen-bond donors (Lipinski definition) is 1. The predicted octanol–water partition coefficient (Wildman–Crippen LogP) is 1.85. The molecule has 7 heteroatoms. The van der Waals surface area contributed by atoms with Crippen LogP contribution >= 0.6 is 11.6 Å². The minimum atomic E-state index is -3.82. The molecule has 4 nitrogen and oxygen atoms in total. The van der Waals surface area contributed by atoms with Crippen LogP contribution in [0.15, 0.2) is 23.1 Å². The monoisotopic (exact) mass is 306 g/mol. The van der Waals surface area contributed by atoms with Crippen molar-refractivity contribution >= 4 is 21.6 Å². The first-order valence-corrected chi connectivity index (χ1v) is 7.84. The Kier molecular flexibility index (Phi) is 4.15. The first-order valence-electron chi connectivity index (χ1n) is 6.02. The highest BCUT2D eigenvalue weighted by Crippen LogP contribution is 2.23. The van der Waals surface area contributed by atoms with Crippen LogP contribution in [-0.2, 0) is 10.0 Å². The minimum absolute atomic E-state index is 0.0360. The van der Waals surface area contributed by atoms with Gasteiger partial charge in [0, 0.05) is 30.2 Å². The third kappa shape index (κ3) is 3.08. The van der Waals surface area contributed by atoms with Crippen LogP contribution in [0.4, 0.5) is 4.39 Å². The second kappa shape index (κ2) is 5.36. The van der Waals surface area contributed by atoms with Gasteiger partial charge in [-0.1, -0.05) is 11.6 Å². The number of benzene rings is 1. The van der Waals surface area contributed by atoms with Crippen molar-refractivity contribution in [2.24, 2.45) is 0 Å². The molecule has 1 aromatic carbocycles. The van der Waals surface area contributed by atoms with Crippen molar-refractivity contribution in [2.45, 2.75) is 30.8 Å². The van der Waals surface area contributed by atoms with Crippen LogP contribution in [0.3, 0.4) is 0 Å². The van der Waals surface area contributed by atoms with Gasteiger partial charge in [-0.3, -0.25) is 0 Å². The molecule has 2 unspecified atom stereocenters. The average Bonchev–Trinajstić information content (AvgIpc) is 2.26. The van der Waals surface area contributed by atoms with Gasteiger partial charge in [-0.2, -0.15) is 4.31 Å². The molecular formula is C12H16ClFN2O2S. The Morgan fingerprint density at radius 2 is 1.89 bits per heavy atom. The standard InChI is InChI=1S/C12H16ClFN2O2S/c1-8-6-16(7-9(2)15-8)19(17,18)12-4-3-10(13)5-11(12)14/h3-5,8-9,15H,6-7H2,1-2H3. The molecule has 1 fully saturated rings. The van der Waals surface area contributed by atoms with E-state index >= 15 is 0 Å². The van der Waals surface area contributed by atoms with Crippen LogP contribution in [0.5, 0.6) is 0 Å². The van der Waals surface area contributed by atoms with Gasteiger partial charge in [0.25, 0.3) is 0 Å². The van der Waals surface area contributed by atoms with E-state index in [2.05, 4.69) is 5.32 Å². The lowest BCUT2D eigenvalue weighted by Crippen LogP contribution is -2.55. The number of nitrogens with zero attached hydrogens (tertiary/aromatic N) is 1. The number of rotatable bonds is 2. The van der Waals surface area contributed by atoms with E-state index in [-0.39, 0.29) is 22.0 Å². The van der Waals surface area contributed by atoms with Gasteiger partial charge >= 0.3 is 0 Å². The Bertz CT molecular complexity index is 569. The topological polar surface area (TPSA) is 49.4 Å². The van der Waals surface area contributed by atoms with Gasteiger partial charge in [0.1, 0.15) is 10.7 Å². The van der Waals surface area contributed by atoms with E-state index in [0.29, 0.717) is 13.1 Å².